The van der Waals surface area contributed by atoms with Crippen molar-refractivity contribution in [2.75, 3.05) is 13.1 Å². The van der Waals surface area contributed by atoms with E-state index in [9.17, 15) is 0 Å². The van der Waals surface area contributed by atoms with Gasteiger partial charge in [0.25, 0.3) is 0 Å². The number of piperidine rings is 1. The molecule has 2 rings (SSSR count). The van der Waals surface area contributed by atoms with E-state index in [1.807, 2.05) is 0 Å². The first-order valence-corrected chi connectivity index (χ1v) is 5.80. The van der Waals surface area contributed by atoms with Gasteiger partial charge in [-0.25, -0.2) is 0 Å². The zero-order chi connectivity index (χ0) is 10.8. The smallest absolute Gasteiger partial charge is 0.135 e. The SMILES string of the molecule is CC(C)c1nnc(C2CCNCC2)n1C. The van der Waals surface area contributed by atoms with Gasteiger partial charge >= 0.3 is 0 Å². The van der Waals surface area contributed by atoms with Crippen molar-refractivity contribution in [2.45, 2.75) is 38.5 Å². The highest BCUT2D eigenvalue weighted by atomic mass is 15.3. The minimum absolute atomic E-state index is 0.456. The number of hydrogen-bond donors (Lipinski definition) is 1. The normalized spacial score (nSPS) is 18.7. The molecule has 15 heavy (non-hydrogen) atoms. The van der Waals surface area contributed by atoms with E-state index in [1.165, 1.54) is 18.7 Å². The number of aromatic nitrogens is 3. The Hall–Kier alpha value is -0.900. The van der Waals surface area contributed by atoms with Crippen LogP contribution in [0.1, 0.15) is 50.2 Å². The van der Waals surface area contributed by atoms with Gasteiger partial charge in [0, 0.05) is 18.9 Å². The van der Waals surface area contributed by atoms with E-state index in [4.69, 9.17) is 0 Å². The summed E-state index contributed by atoms with van der Waals surface area (Å²) >= 11 is 0. The minimum Gasteiger partial charge on any atom is -0.318 e. The predicted molar refractivity (Wildman–Crippen MR) is 59.9 cm³/mol. The van der Waals surface area contributed by atoms with Crippen LogP contribution in [0.25, 0.3) is 0 Å². The number of rotatable bonds is 2. The Morgan fingerprint density at radius 1 is 1.27 bits per heavy atom. The summed E-state index contributed by atoms with van der Waals surface area (Å²) in [5.41, 5.74) is 0. The molecule has 84 valence electrons. The second-order valence-electron chi connectivity index (χ2n) is 4.65. The molecule has 1 aromatic rings. The zero-order valence-corrected chi connectivity index (χ0v) is 9.82. The van der Waals surface area contributed by atoms with E-state index in [0.29, 0.717) is 11.8 Å². The molecule has 0 aromatic carbocycles. The lowest BCUT2D eigenvalue weighted by atomic mass is 9.97. The quantitative estimate of drug-likeness (QED) is 0.799. The molecule has 4 nitrogen and oxygen atoms in total. The first-order chi connectivity index (χ1) is 7.20. The van der Waals surface area contributed by atoms with Gasteiger partial charge < -0.3 is 9.88 Å². The molecule has 0 radical (unpaired) electrons. The maximum Gasteiger partial charge on any atom is 0.135 e. The summed E-state index contributed by atoms with van der Waals surface area (Å²) in [7, 11) is 2.09. The molecule has 1 aromatic heterocycles. The third-order valence-corrected chi connectivity index (χ3v) is 3.16. The highest BCUT2D eigenvalue weighted by Gasteiger charge is 2.22. The summed E-state index contributed by atoms with van der Waals surface area (Å²) < 4.78 is 2.18. The van der Waals surface area contributed by atoms with E-state index in [-0.39, 0.29) is 0 Å². The Labute approximate surface area is 91.1 Å². The van der Waals surface area contributed by atoms with E-state index < -0.39 is 0 Å². The Bertz CT molecular complexity index is 323. The summed E-state index contributed by atoms with van der Waals surface area (Å²) in [6.07, 6.45) is 2.37. The van der Waals surface area contributed by atoms with Crippen molar-refractivity contribution < 1.29 is 0 Å². The molecular weight excluding hydrogens is 188 g/mol. The third kappa shape index (κ3) is 2.04. The molecule has 0 atom stereocenters. The molecule has 0 spiro atoms. The average Bonchev–Trinajstić information content (AvgIpc) is 2.61. The van der Waals surface area contributed by atoms with Gasteiger partial charge in [-0.3, -0.25) is 0 Å². The third-order valence-electron chi connectivity index (χ3n) is 3.16. The fourth-order valence-electron chi connectivity index (χ4n) is 2.29. The average molecular weight is 208 g/mol. The maximum absolute atomic E-state index is 4.35. The van der Waals surface area contributed by atoms with E-state index in [0.717, 1.165) is 18.9 Å². The largest absolute Gasteiger partial charge is 0.318 e. The van der Waals surface area contributed by atoms with Crippen LogP contribution in [0.3, 0.4) is 0 Å². The number of nitrogens with one attached hydrogen (secondary N) is 1. The summed E-state index contributed by atoms with van der Waals surface area (Å²) in [4.78, 5) is 0. The lowest BCUT2D eigenvalue weighted by Gasteiger charge is -2.21. The van der Waals surface area contributed by atoms with Gasteiger partial charge in [-0.05, 0) is 25.9 Å². The summed E-state index contributed by atoms with van der Waals surface area (Å²) in [5, 5.41) is 12.0. The maximum atomic E-state index is 4.35. The van der Waals surface area contributed by atoms with Crippen LogP contribution in [-0.2, 0) is 7.05 Å². The van der Waals surface area contributed by atoms with Crippen molar-refractivity contribution in [2.24, 2.45) is 7.05 Å². The zero-order valence-electron chi connectivity index (χ0n) is 9.82. The van der Waals surface area contributed by atoms with Crippen molar-refractivity contribution >= 4 is 0 Å². The van der Waals surface area contributed by atoms with Gasteiger partial charge in [0.05, 0.1) is 0 Å². The van der Waals surface area contributed by atoms with Crippen molar-refractivity contribution in [3.8, 4) is 0 Å². The second kappa shape index (κ2) is 4.31. The van der Waals surface area contributed by atoms with Crippen LogP contribution in [0.15, 0.2) is 0 Å². The Morgan fingerprint density at radius 3 is 2.47 bits per heavy atom. The molecular formula is C11H20N4. The first-order valence-electron chi connectivity index (χ1n) is 5.80. The van der Waals surface area contributed by atoms with Crippen LogP contribution in [0.2, 0.25) is 0 Å². The molecule has 1 aliphatic rings. The van der Waals surface area contributed by atoms with Crippen LogP contribution < -0.4 is 5.32 Å². The van der Waals surface area contributed by atoms with Crippen molar-refractivity contribution in [3.05, 3.63) is 11.6 Å². The highest BCUT2D eigenvalue weighted by molar-refractivity contribution is 5.05. The molecule has 1 saturated heterocycles. The standard InChI is InChI=1S/C11H20N4/c1-8(2)10-13-14-11(15(10)3)9-4-6-12-7-5-9/h8-9,12H,4-7H2,1-3H3. The van der Waals surface area contributed by atoms with E-state index in [2.05, 4.69) is 41.0 Å². The number of nitrogens with zero attached hydrogens (tertiary/aromatic N) is 3. The molecule has 0 bridgehead atoms. The Morgan fingerprint density at radius 2 is 1.93 bits per heavy atom. The Balaban J connectivity index is 2.20. The fourth-order valence-corrected chi connectivity index (χ4v) is 2.29. The Kier molecular flexibility index (Phi) is 3.05. The monoisotopic (exact) mass is 208 g/mol. The molecule has 1 N–H and O–H groups in total. The molecule has 1 fully saturated rings. The number of hydrogen-bond acceptors (Lipinski definition) is 3. The van der Waals surface area contributed by atoms with Crippen LogP contribution in [0, 0.1) is 0 Å². The molecule has 2 heterocycles. The molecule has 0 saturated carbocycles. The van der Waals surface area contributed by atoms with Crippen LogP contribution in [0.5, 0.6) is 0 Å². The van der Waals surface area contributed by atoms with Gasteiger partial charge in [0.1, 0.15) is 11.6 Å². The van der Waals surface area contributed by atoms with Gasteiger partial charge in [-0.2, -0.15) is 0 Å². The van der Waals surface area contributed by atoms with E-state index in [1.54, 1.807) is 0 Å². The van der Waals surface area contributed by atoms with Crippen LogP contribution in [0.4, 0.5) is 0 Å². The van der Waals surface area contributed by atoms with Crippen molar-refractivity contribution in [1.29, 1.82) is 0 Å². The van der Waals surface area contributed by atoms with Gasteiger partial charge in [-0.1, -0.05) is 13.8 Å². The highest BCUT2D eigenvalue weighted by Crippen LogP contribution is 2.24. The van der Waals surface area contributed by atoms with Crippen molar-refractivity contribution in [1.82, 2.24) is 20.1 Å². The first kappa shape index (κ1) is 10.6. The molecule has 4 heteroatoms. The lowest BCUT2D eigenvalue weighted by Crippen LogP contribution is -2.28. The van der Waals surface area contributed by atoms with Crippen molar-refractivity contribution in [3.63, 3.8) is 0 Å². The summed E-state index contributed by atoms with van der Waals surface area (Å²) in [6.45, 7) is 6.54. The van der Waals surface area contributed by atoms with Crippen LogP contribution in [-0.4, -0.2) is 27.9 Å². The molecule has 0 amide bonds. The summed E-state index contributed by atoms with van der Waals surface area (Å²) in [6, 6.07) is 0. The second-order valence-corrected chi connectivity index (χ2v) is 4.65. The topological polar surface area (TPSA) is 42.7 Å². The van der Waals surface area contributed by atoms with Gasteiger partial charge in [-0.15, -0.1) is 10.2 Å². The van der Waals surface area contributed by atoms with Gasteiger partial charge in [0.15, 0.2) is 0 Å². The van der Waals surface area contributed by atoms with Gasteiger partial charge in [0.2, 0.25) is 0 Å². The van der Waals surface area contributed by atoms with Crippen LogP contribution >= 0.6 is 0 Å². The summed E-state index contributed by atoms with van der Waals surface area (Å²) in [5.74, 6) is 3.32. The molecule has 0 aliphatic carbocycles. The minimum atomic E-state index is 0.456. The predicted octanol–water partition coefficient (Wildman–Crippen LogP) is 1.41. The fraction of sp³-hybridized carbons (Fsp3) is 0.818. The lowest BCUT2D eigenvalue weighted by molar-refractivity contribution is 0.435. The van der Waals surface area contributed by atoms with E-state index >= 15 is 0 Å². The molecule has 1 aliphatic heterocycles. The molecule has 0 unspecified atom stereocenters.